The Morgan fingerprint density at radius 2 is 1.27 bits per heavy atom. The Balaban J connectivity index is 1.22. The minimum absolute atomic E-state index is 0.741. The summed E-state index contributed by atoms with van der Waals surface area (Å²) >= 11 is 0. The summed E-state index contributed by atoms with van der Waals surface area (Å²) in [7, 11) is 0. The van der Waals surface area contributed by atoms with Gasteiger partial charge in [0, 0.05) is 64.6 Å². The Labute approximate surface area is 177 Å². The normalized spacial score (nSPS) is 20.5. The molecule has 160 valence electrons. The number of hydrogen-bond acceptors (Lipinski definition) is 9. The van der Waals surface area contributed by atoms with Crippen LogP contribution in [0.5, 0.6) is 0 Å². The molecule has 9 heteroatoms. The Morgan fingerprint density at radius 1 is 0.633 bits per heavy atom. The summed E-state index contributed by atoms with van der Waals surface area (Å²) in [6.45, 7) is 9.07. The molecule has 2 aromatic rings. The molecule has 3 aliphatic rings. The average molecular weight is 411 g/mol. The Kier molecular flexibility index (Phi) is 5.78. The van der Waals surface area contributed by atoms with Crippen LogP contribution in [0, 0.1) is 0 Å². The summed E-state index contributed by atoms with van der Waals surface area (Å²) in [5.41, 5.74) is 0. The topological polar surface area (TPSA) is 73.8 Å². The van der Waals surface area contributed by atoms with Gasteiger partial charge in [0.25, 0.3) is 0 Å². The molecule has 0 bridgehead atoms. The maximum Gasteiger partial charge on any atom is 0.227 e. The molecule has 3 aliphatic heterocycles. The number of hydrogen-bond donors (Lipinski definition) is 0. The van der Waals surface area contributed by atoms with E-state index < -0.39 is 0 Å². The van der Waals surface area contributed by atoms with Crippen molar-refractivity contribution in [2.45, 2.75) is 19.3 Å². The Morgan fingerprint density at radius 3 is 1.97 bits per heavy atom. The quantitative estimate of drug-likeness (QED) is 0.744. The lowest BCUT2D eigenvalue weighted by Crippen LogP contribution is -2.47. The second-order valence-electron chi connectivity index (χ2n) is 8.07. The van der Waals surface area contributed by atoms with E-state index in [2.05, 4.69) is 40.6 Å². The zero-order chi connectivity index (χ0) is 20.2. The SMILES string of the molecule is c1nc(N2CCCCC2)cc(N2CCN(c3ccnc(N4CCOCC4)n3)CC2)n1. The molecule has 0 unspecified atom stereocenters. The first kappa shape index (κ1) is 19.3. The van der Waals surface area contributed by atoms with Crippen LogP contribution < -0.4 is 19.6 Å². The third-order valence-electron chi connectivity index (χ3n) is 6.17. The number of rotatable bonds is 4. The van der Waals surface area contributed by atoms with Crippen LogP contribution in [0.15, 0.2) is 24.7 Å². The third-order valence-corrected chi connectivity index (χ3v) is 6.17. The van der Waals surface area contributed by atoms with Gasteiger partial charge >= 0.3 is 0 Å². The van der Waals surface area contributed by atoms with Crippen molar-refractivity contribution in [3.05, 3.63) is 24.7 Å². The van der Waals surface area contributed by atoms with Gasteiger partial charge in [-0.15, -0.1) is 0 Å². The molecule has 0 spiro atoms. The summed E-state index contributed by atoms with van der Waals surface area (Å²) in [4.78, 5) is 27.7. The van der Waals surface area contributed by atoms with Crippen molar-refractivity contribution in [2.75, 3.05) is 85.2 Å². The number of piperazine rings is 1. The average Bonchev–Trinajstić information content (AvgIpc) is 2.85. The first-order valence-electron chi connectivity index (χ1n) is 11.1. The second kappa shape index (κ2) is 8.99. The number of anilines is 4. The molecule has 9 nitrogen and oxygen atoms in total. The summed E-state index contributed by atoms with van der Waals surface area (Å²) < 4.78 is 5.44. The molecule has 0 aliphatic carbocycles. The minimum atomic E-state index is 0.741. The van der Waals surface area contributed by atoms with E-state index in [0.717, 1.165) is 89.0 Å². The summed E-state index contributed by atoms with van der Waals surface area (Å²) in [6.07, 6.45) is 7.42. The molecule has 0 amide bonds. The van der Waals surface area contributed by atoms with Crippen molar-refractivity contribution in [2.24, 2.45) is 0 Å². The number of nitrogens with zero attached hydrogens (tertiary/aromatic N) is 8. The second-order valence-corrected chi connectivity index (χ2v) is 8.07. The standard InChI is InChI=1S/C21H30N8O/c1-2-6-26(7-3-1)19-16-20(24-17-23-19)28-10-8-27(9-11-28)18-4-5-22-21(25-18)29-12-14-30-15-13-29/h4-5,16-17H,1-3,6-15H2. The first-order chi connectivity index (χ1) is 14.9. The van der Waals surface area contributed by atoms with Gasteiger partial charge < -0.3 is 24.3 Å². The fourth-order valence-electron chi connectivity index (χ4n) is 4.40. The van der Waals surface area contributed by atoms with Gasteiger partial charge in [-0.2, -0.15) is 4.98 Å². The number of aromatic nitrogens is 4. The van der Waals surface area contributed by atoms with Crippen LogP contribution in [0.4, 0.5) is 23.4 Å². The number of ether oxygens (including phenoxy) is 1. The molecule has 0 aromatic carbocycles. The third kappa shape index (κ3) is 4.26. The molecule has 2 aromatic heterocycles. The molecule has 5 rings (SSSR count). The van der Waals surface area contributed by atoms with E-state index in [1.54, 1.807) is 6.33 Å². The first-order valence-corrected chi connectivity index (χ1v) is 11.1. The molecule has 0 atom stereocenters. The van der Waals surface area contributed by atoms with Crippen molar-refractivity contribution in [3.63, 3.8) is 0 Å². The predicted molar refractivity (Wildman–Crippen MR) is 118 cm³/mol. The van der Waals surface area contributed by atoms with E-state index in [1.165, 1.54) is 19.3 Å². The highest BCUT2D eigenvalue weighted by Gasteiger charge is 2.22. The summed E-state index contributed by atoms with van der Waals surface area (Å²) in [5.74, 6) is 3.90. The fraction of sp³-hybridized carbons (Fsp3) is 0.619. The highest BCUT2D eigenvalue weighted by molar-refractivity contribution is 5.52. The Bertz CT molecular complexity index is 760. The minimum Gasteiger partial charge on any atom is -0.378 e. The molecule has 3 fully saturated rings. The van der Waals surface area contributed by atoms with E-state index in [1.807, 2.05) is 12.3 Å². The van der Waals surface area contributed by atoms with Gasteiger partial charge in [-0.25, -0.2) is 15.0 Å². The van der Waals surface area contributed by atoms with Crippen LogP contribution in [0.25, 0.3) is 0 Å². The molecule has 0 radical (unpaired) electrons. The predicted octanol–water partition coefficient (Wildman–Crippen LogP) is 1.42. The molecular formula is C21H30N8O. The van der Waals surface area contributed by atoms with Crippen molar-refractivity contribution in [1.29, 1.82) is 0 Å². The maximum atomic E-state index is 5.44. The molecule has 0 saturated carbocycles. The molecule has 0 N–H and O–H groups in total. The lowest BCUT2D eigenvalue weighted by Gasteiger charge is -2.37. The van der Waals surface area contributed by atoms with Gasteiger partial charge in [0.15, 0.2) is 0 Å². The molecule has 30 heavy (non-hydrogen) atoms. The Hall–Kier alpha value is -2.68. The van der Waals surface area contributed by atoms with Crippen molar-refractivity contribution >= 4 is 23.4 Å². The van der Waals surface area contributed by atoms with Crippen molar-refractivity contribution < 1.29 is 4.74 Å². The van der Waals surface area contributed by atoms with Crippen LogP contribution in [0.3, 0.4) is 0 Å². The molecular weight excluding hydrogens is 380 g/mol. The highest BCUT2D eigenvalue weighted by atomic mass is 16.5. The monoisotopic (exact) mass is 410 g/mol. The van der Waals surface area contributed by atoms with Crippen LogP contribution in [-0.4, -0.2) is 85.5 Å². The molecule has 3 saturated heterocycles. The van der Waals surface area contributed by atoms with Gasteiger partial charge in [-0.1, -0.05) is 0 Å². The lowest BCUT2D eigenvalue weighted by molar-refractivity contribution is 0.122. The smallest absolute Gasteiger partial charge is 0.227 e. The van der Waals surface area contributed by atoms with Gasteiger partial charge in [0.2, 0.25) is 5.95 Å². The van der Waals surface area contributed by atoms with Crippen molar-refractivity contribution in [1.82, 2.24) is 19.9 Å². The van der Waals surface area contributed by atoms with Gasteiger partial charge in [0.1, 0.15) is 23.8 Å². The molecule has 5 heterocycles. The number of piperidine rings is 1. The largest absolute Gasteiger partial charge is 0.378 e. The zero-order valence-corrected chi connectivity index (χ0v) is 17.5. The van der Waals surface area contributed by atoms with Gasteiger partial charge in [-0.3, -0.25) is 0 Å². The van der Waals surface area contributed by atoms with Crippen molar-refractivity contribution in [3.8, 4) is 0 Å². The summed E-state index contributed by atoms with van der Waals surface area (Å²) in [6, 6.07) is 4.17. The van der Waals surface area contributed by atoms with Crippen LogP contribution in [0.1, 0.15) is 19.3 Å². The van der Waals surface area contributed by atoms with Crippen LogP contribution in [-0.2, 0) is 4.74 Å². The van der Waals surface area contributed by atoms with Gasteiger partial charge in [0.05, 0.1) is 13.2 Å². The highest BCUT2D eigenvalue weighted by Crippen LogP contribution is 2.23. The van der Waals surface area contributed by atoms with E-state index in [0.29, 0.717) is 0 Å². The van der Waals surface area contributed by atoms with Gasteiger partial charge in [-0.05, 0) is 25.3 Å². The number of morpholine rings is 1. The fourth-order valence-corrected chi connectivity index (χ4v) is 4.40. The maximum absolute atomic E-state index is 5.44. The van der Waals surface area contributed by atoms with E-state index in [4.69, 9.17) is 9.72 Å². The van der Waals surface area contributed by atoms with Crippen LogP contribution in [0.2, 0.25) is 0 Å². The van der Waals surface area contributed by atoms with Crippen LogP contribution >= 0.6 is 0 Å². The van der Waals surface area contributed by atoms with E-state index in [-0.39, 0.29) is 0 Å². The van der Waals surface area contributed by atoms with E-state index in [9.17, 15) is 0 Å². The van der Waals surface area contributed by atoms with E-state index >= 15 is 0 Å². The zero-order valence-electron chi connectivity index (χ0n) is 17.5. The lowest BCUT2D eigenvalue weighted by atomic mass is 10.1. The summed E-state index contributed by atoms with van der Waals surface area (Å²) in [5, 5.41) is 0.